The summed E-state index contributed by atoms with van der Waals surface area (Å²) >= 11 is 0. The van der Waals surface area contributed by atoms with Gasteiger partial charge in [0.15, 0.2) is 0 Å². The van der Waals surface area contributed by atoms with E-state index in [2.05, 4.69) is 16.1 Å². The molecule has 0 aliphatic carbocycles. The second-order valence-corrected chi connectivity index (χ2v) is 3.15. The van der Waals surface area contributed by atoms with Crippen molar-refractivity contribution in [2.24, 2.45) is 0 Å². The van der Waals surface area contributed by atoms with E-state index in [4.69, 9.17) is 5.73 Å². The maximum atomic E-state index is 5.55. The zero-order valence-corrected chi connectivity index (χ0v) is 7.80. The molecular weight excluding hydrogens is 176 g/mol. The van der Waals surface area contributed by atoms with E-state index >= 15 is 0 Å². The van der Waals surface area contributed by atoms with E-state index in [0.29, 0.717) is 5.69 Å². The molecule has 0 aliphatic heterocycles. The van der Waals surface area contributed by atoms with Gasteiger partial charge in [0.05, 0.1) is 11.9 Å². The summed E-state index contributed by atoms with van der Waals surface area (Å²) < 4.78 is 1.84. The maximum absolute atomic E-state index is 5.55. The van der Waals surface area contributed by atoms with E-state index in [9.17, 15) is 0 Å². The Hall–Kier alpha value is -1.84. The Morgan fingerprint density at radius 2 is 2.29 bits per heavy atom. The molecule has 4 nitrogen and oxygen atoms in total. The summed E-state index contributed by atoms with van der Waals surface area (Å²) in [5.41, 5.74) is 7.47. The van der Waals surface area contributed by atoms with Gasteiger partial charge in [0.25, 0.3) is 0 Å². The lowest BCUT2D eigenvalue weighted by molar-refractivity contribution is 0.614. The lowest BCUT2D eigenvalue weighted by Gasteiger charge is -2.00. The fraction of sp³-hybridized carbons (Fsp3) is 0.200. The van der Waals surface area contributed by atoms with Gasteiger partial charge in [-0.25, -0.2) is 0 Å². The van der Waals surface area contributed by atoms with Crippen LogP contribution in [0.5, 0.6) is 0 Å². The van der Waals surface area contributed by atoms with Crippen LogP contribution in [0.1, 0.15) is 5.56 Å². The third-order valence-corrected chi connectivity index (χ3v) is 2.01. The first-order valence-corrected chi connectivity index (χ1v) is 4.51. The van der Waals surface area contributed by atoms with Crippen LogP contribution < -0.4 is 5.73 Å². The minimum atomic E-state index is 0.705. The molecule has 0 saturated heterocycles. The third-order valence-electron chi connectivity index (χ3n) is 2.01. The lowest BCUT2D eigenvalue weighted by Crippen LogP contribution is -2.01. The molecule has 72 valence electrons. The van der Waals surface area contributed by atoms with Gasteiger partial charge in [0.1, 0.15) is 0 Å². The molecule has 0 unspecified atom stereocenters. The van der Waals surface area contributed by atoms with E-state index in [-0.39, 0.29) is 0 Å². The minimum absolute atomic E-state index is 0.705. The SMILES string of the molecule is Nc1cnn(CCc2cccnc2)c1. The van der Waals surface area contributed by atoms with Gasteiger partial charge in [-0.1, -0.05) is 6.07 Å². The highest BCUT2D eigenvalue weighted by molar-refractivity contribution is 5.30. The number of rotatable bonds is 3. The average molecular weight is 188 g/mol. The Kier molecular flexibility index (Phi) is 2.44. The number of pyridine rings is 1. The molecule has 0 aromatic carbocycles. The molecular formula is C10H12N4. The summed E-state index contributed by atoms with van der Waals surface area (Å²) in [7, 11) is 0. The van der Waals surface area contributed by atoms with E-state index < -0.39 is 0 Å². The normalized spacial score (nSPS) is 10.3. The number of nitrogens with two attached hydrogens (primary N) is 1. The Morgan fingerprint density at radius 1 is 1.36 bits per heavy atom. The fourth-order valence-electron chi connectivity index (χ4n) is 1.29. The number of aryl methyl sites for hydroxylation is 2. The van der Waals surface area contributed by atoms with Gasteiger partial charge in [-0.05, 0) is 18.1 Å². The number of anilines is 1. The molecule has 2 aromatic heterocycles. The minimum Gasteiger partial charge on any atom is -0.396 e. The predicted molar refractivity (Wildman–Crippen MR) is 54.6 cm³/mol. The first-order valence-electron chi connectivity index (χ1n) is 4.51. The molecule has 0 amide bonds. The highest BCUT2D eigenvalue weighted by atomic mass is 15.3. The van der Waals surface area contributed by atoms with Crippen LogP contribution in [0.3, 0.4) is 0 Å². The Morgan fingerprint density at radius 3 is 2.93 bits per heavy atom. The molecule has 0 fully saturated rings. The summed E-state index contributed by atoms with van der Waals surface area (Å²) in [6, 6.07) is 3.99. The van der Waals surface area contributed by atoms with Gasteiger partial charge in [0.2, 0.25) is 0 Å². The summed E-state index contributed by atoms with van der Waals surface area (Å²) in [5, 5.41) is 4.10. The van der Waals surface area contributed by atoms with E-state index in [1.807, 2.05) is 23.1 Å². The van der Waals surface area contributed by atoms with Crippen molar-refractivity contribution in [3.8, 4) is 0 Å². The zero-order valence-electron chi connectivity index (χ0n) is 7.80. The lowest BCUT2D eigenvalue weighted by atomic mass is 10.2. The second-order valence-electron chi connectivity index (χ2n) is 3.15. The van der Waals surface area contributed by atoms with Gasteiger partial charge >= 0.3 is 0 Å². The smallest absolute Gasteiger partial charge is 0.0719 e. The Labute approximate surface area is 82.4 Å². The largest absolute Gasteiger partial charge is 0.396 e. The number of nitrogens with zero attached hydrogens (tertiary/aromatic N) is 3. The monoisotopic (exact) mass is 188 g/mol. The van der Waals surface area contributed by atoms with Crippen LogP contribution >= 0.6 is 0 Å². The van der Waals surface area contributed by atoms with Crippen LogP contribution in [-0.4, -0.2) is 14.8 Å². The van der Waals surface area contributed by atoms with Gasteiger partial charge in [0, 0.05) is 25.1 Å². The molecule has 0 radical (unpaired) electrons. The van der Waals surface area contributed by atoms with Crippen LogP contribution in [-0.2, 0) is 13.0 Å². The molecule has 2 rings (SSSR count). The van der Waals surface area contributed by atoms with E-state index in [1.165, 1.54) is 5.56 Å². The van der Waals surface area contributed by atoms with Gasteiger partial charge in [-0.15, -0.1) is 0 Å². The molecule has 0 atom stereocenters. The molecule has 4 heteroatoms. The highest BCUT2D eigenvalue weighted by Gasteiger charge is 1.95. The fourth-order valence-corrected chi connectivity index (χ4v) is 1.29. The number of aromatic nitrogens is 3. The number of hydrogen-bond donors (Lipinski definition) is 1. The van der Waals surface area contributed by atoms with Crippen molar-refractivity contribution in [1.82, 2.24) is 14.8 Å². The maximum Gasteiger partial charge on any atom is 0.0719 e. The van der Waals surface area contributed by atoms with Crippen LogP contribution in [0.4, 0.5) is 5.69 Å². The quantitative estimate of drug-likeness (QED) is 0.784. The Bertz CT molecular complexity index is 394. The number of nitrogen functional groups attached to an aromatic ring is 1. The van der Waals surface area contributed by atoms with Crippen LogP contribution in [0.15, 0.2) is 36.9 Å². The third kappa shape index (κ3) is 2.10. The van der Waals surface area contributed by atoms with Crippen LogP contribution in [0, 0.1) is 0 Å². The molecule has 0 spiro atoms. The Balaban J connectivity index is 1.95. The number of hydrogen-bond acceptors (Lipinski definition) is 3. The molecule has 0 bridgehead atoms. The van der Waals surface area contributed by atoms with Gasteiger partial charge in [-0.3, -0.25) is 9.67 Å². The first kappa shape index (κ1) is 8.74. The van der Waals surface area contributed by atoms with Gasteiger partial charge in [-0.2, -0.15) is 5.10 Å². The van der Waals surface area contributed by atoms with Crippen molar-refractivity contribution in [3.63, 3.8) is 0 Å². The second kappa shape index (κ2) is 3.91. The molecule has 0 saturated carbocycles. The van der Waals surface area contributed by atoms with Crippen molar-refractivity contribution >= 4 is 5.69 Å². The zero-order chi connectivity index (χ0) is 9.80. The van der Waals surface area contributed by atoms with Gasteiger partial charge < -0.3 is 5.73 Å². The van der Waals surface area contributed by atoms with Crippen LogP contribution in [0.2, 0.25) is 0 Å². The summed E-state index contributed by atoms with van der Waals surface area (Å²) in [6.07, 6.45) is 8.05. The van der Waals surface area contributed by atoms with Crippen molar-refractivity contribution in [2.45, 2.75) is 13.0 Å². The first-order chi connectivity index (χ1) is 6.84. The summed E-state index contributed by atoms with van der Waals surface area (Å²) in [4.78, 5) is 4.05. The van der Waals surface area contributed by atoms with Crippen molar-refractivity contribution in [2.75, 3.05) is 5.73 Å². The van der Waals surface area contributed by atoms with Crippen molar-refractivity contribution < 1.29 is 0 Å². The predicted octanol–water partition coefficient (Wildman–Crippen LogP) is 1.10. The summed E-state index contributed by atoms with van der Waals surface area (Å²) in [6.45, 7) is 0.836. The molecule has 2 heterocycles. The van der Waals surface area contributed by atoms with Crippen molar-refractivity contribution in [3.05, 3.63) is 42.5 Å². The van der Waals surface area contributed by atoms with E-state index in [1.54, 1.807) is 12.4 Å². The summed E-state index contributed by atoms with van der Waals surface area (Å²) in [5.74, 6) is 0. The molecule has 0 aliphatic rings. The molecule has 2 aromatic rings. The molecule has 2 N–H and O–H groups in total. The highest BCUT2D eigenvalue weighted by Crippen LogP contribution is 2.02. The topological polar surface area (TPSA) is 56.7 Å². The standard InChI is InChI=1S/C10H12N4/c11-10-7-13-14(8-10)5-3-9-2-1-4-12-6-9/h1-2,4,6-8H,3,5,11H2. The van der Waals surface area contributed by atoms with Crippen molar-refractivity contribution in [1.29, 1.82) is 0 Å². The van der Waals surface area contributed by atoms with E-state index in [0.717, 1.165) is 13.0 Å². The average Bonchev–Trinajstić information content (AvgIpc) is 2.63. The van der Waals surface area contributed by atoms with Crippen LogP contribution in [0.25, 0.3) is 0 Å². The molecule has 14 heavy (non-hydrogen) atoms.